The van der Waals surface area contributed by atoms with E-state index >= 15 is 0 Å². The molecule has 0 fully saturated rings. The van der Waals surface area contributed by atoms with Gasteiger partial charge in [-0.25, -0.2) is 4.98 Å². The van der Waals surface area contributed by atoms with Gasteiger partial charge in [-0.1, -0.05) is 13.8 Å². The number of aliphatic carboxylic acids is 1. The van der Waals surface area contributed by atoms with Crippen LogP contribution in [0.25, 0.3) is 0 Å². The highest BCUT2D eigenvalue weighted by atomic mass is 16.4. The molecule has 13 heavy (non-hydrogen) atoms. The molecule has 0 saturated heterocycles. The molecule has 1 aromatic rings. The molecule has 1 heterocycles. The number of aryl methyl sites for hydroxylation is 1. The molecule has 0 bridgehead atoms. The van der Waals surface area contributed by atoms with E-state index in [-0.39, 0.29) is 6.42 Å². The maximum Gasteiger partial charge on any atom is 0.309 e. The van der Waals surface area contributed by atoms with Gasteiger partial charge < -0.3 is 9.67 Å². The third-order valence-electron chi connectivity index (χ3n) is 1.93. The Balaban J connectivity index is 3.00. The molecule has 0 atom stereocenters. The number of aromatic nitrogens is 2. The van der Waals surface area contributed by atoms with Crippen LogP contribution in [-0.2, 0) is 18.3 Å². The lowest BCUT2D eigenvalue weighted by molar-refractivity contribution is -0.136. The Morgan fingerprint density at radius 3 is 2.77 bits per heavy atom. The van der Waals surface area contributed by atoms with Crippen LogP contribution in [-0.4, -0.2) is 20.6 Å². The fraction of sp³-hybridized carbons (Fsp3) is 0.556. The van der Waals surface area contributed by atoms with Crippen LogP contribution in [0, 0.1) is 0 Å². The van der Waals surface area contributed by atoms with E-state index in [1.54, 1.807) is 6.33 Å². The molecule has 0 aliphatic rings. The van der Waals surface area contributed by atoms with Crippen molar-refractivity contribution in [1.29, 1.82) is 0 Å². The predicted molar refractivity (Wildman–Crippen MR) is 48.6 cm³/mol. The number of rotatable bonds is 3. The van der Waals surface area contributed by atoms with Crippen molar-refractivity contribution < 1.29 is 9.90 Å². The predicted octanol–water partition coefficient (Wildman–Crippen LogP) is 1.17. The minimum absolute atomic E-state index is 0.00829. The molecule has 0 aliphatic carbocycles. The maximum atomic E-state index is 10.5. The fourth-order valence-corrected chi connectivity index (χ4v) is 1.51. The Kier molecular flexibility index (Phi) is 2.70. The second kappa shape index (κ2) is 3.60. The molecule has 1 rings (SSSR count). The van der Waals surface area contributed by atoms with E-state index < -0.39 is 5.97 Å². The number of carboxylic acid groups (broad SMARTS) is 1. The van der Waals surface area contributed by atoms with E-state index in [4.69, 9.17) is 5.11 Å². The maximum absolute atomic E-state index is 10.5. The van der Waals surface area contributed by atoms with Gasteiger partial charge in [0.2, 0.25) is 0 Å². The van der Waals surface area contributed by atoms with Crippen molar-refractivity contribution in [2.45, 2.75) is 26.2 Å². The Hall–Kier alpha value is -1.32. The molecule has 0 aliphatic heterocycles. The molecule has 0 radical (unpaired) electrons. The number of hydrogen-bond donors (Lipinski definition) is 1. The molecular formula is C9H14N2O2. The van der Waals surface area contributed by atoms with Crippen molar-refractivity contribution in [2.24, 2.45) is 7.05 Å². The number of carboxylic acids is 1. The molecule has 0 aromatic carbocycles. The van der Waals surface area contributed by atoms with Gasteiger partial charge in [-0.15, -0.1) is 0 Å². The van der Waals surface area contributed by atoms with Crippen LogP contribution in [0.4, 0.5) is 0 Å². The second-order valence-electron chi connectivity index (χ2n) is 3.41. The number of imidazole rings is 1. The third kappa shape index (κ3) is 2.08. The zero-order chi connectivity index (χ0) is 10.0. The van der Waals surface area contributed by atoms with Gasteiger partial charge in [0.05, 0.1) is 18.4 Å². The second-order valence-corrected chi connectivity index (χ2v) is 3.41. The summed E-state index contributed by atoms with van der Waals surface area (Å²) < 4.78 is 1.88. The Bertz CT molecular complexity index is 315. The van der Waals surface area contributed by atoms with Crippen molar-refractivity contribution in [3.63, 3.8) is 0 Å². The highest BCUT2D eigenvalue weighted by Crippen LogP contribution is 2.17. The molecule has 1 N–H and O–H groups in total. The van der Waals surface area contributed by atoms with Crippen LogP contribution >= 0.6 is 0 Å². The number of nitrogens with zero attached hydrogens (tertiary/aromatic N) is 2. The fourth-order valence-electron chi connectivity index (χ4n) is 1.51. The largest absolute Gasteiger partial charge is 0.481 e. The summed E-state index contributed by atoms with van der Waals surface area (Å²) in [6, 6.07) is 0. The molecule has 0 spiro atoms. The summed E-state index contributed by atoms with van der Waals surface area (Å²) in [5.74, 6) is -0.526. The van der Waals surface area contributed by atoms with Crippen LogP contribution in [0.5, 0.6) is 0 Å². The van der Waals surface area contributed by atoms with Gasteiger partial charge in [0.15, 0.2) is 0 Å². The summed E-state index contributed by atoms with van der Waals surface area (Å²) >= 11 is 0. The van der Waals surface area contributed by atoms with Crippen LogP contribution in [0.3, 0.4) is 0 Å². The molecular weight excluding hydrogens is 168 g/mol. The highest BCUT2D eigenvalue weighted by Gasteiger charge is 2.14. The van der Waals surface area contributed by atoms with Gasteiger partial charge in [0, 0.05) is 12.7 Å². The molecule has 0 unspecified atom stereocenters. The average molecular weight is 182 g/mol. The number of carbonyl (C=O) groups is 1. The van der Waals surface area contributed by atoms with Crippen molar-refractivity contribution in [1.82, 2.24) is 9.55 Å². The van der Waals surface area contributed by atoms with Gasteiger partial charge in [-0.3, -0.25) is 4.79 Å². The van der Waals surface area contributed by atoms with Crippen LogP contribution in [0.15, 0.2) is 6.33 Å². The highest BCUT2D eigenvalue weighted by molar-refractivity contribution is 5.69. The summed E-state index contributed by atoms with van der Waals surface area (Å²) in [5.41, 5.74) is 1.67. The van der Waals surface area contributed by atoms with Crippen molar-refractivity contribution in [3.05, 3.63) is 17.7 Å². The van der Waals surface area contributed by atoms with Gasteiger partial charge >= 0.3 is 5.97 Å². The standard InChI is InChI=1S/C9H14N2O2/c1-6(2)9-7(4-8(12)13)10-5-11(9)3/h5-6H,4H2,1-3H3,(H,12,13). The van der Waals surface area contributed by atoms with Gasteiger partial charge in [-0.05, 0) is 5.92 Å². The first kappa shape index (κ1) is 9.77. The monoisotopic (exact) mass is 182 g/mol. The lowest BCUT2D eigenvalue weighted by Crippen LogP contribution is -2.06. The SMILES string of the molecule is CC(C)c1c(CC(=O)O)ncn1C. The molecule has 4 heteroatoms. The summed E-state index contributed by atoms with van der Waals surface area (Å²) in [6.45, 7) is 4.06. The quantitative estimate of drug-likeness (QED) is 0.763. The molecule has 4 nitrogen and oxygen atoms in total. The zero-order valence-corrected chi connectivity index (χ0v) is 8.11. The van der Waals surface area contributed by atoms with E-state index in [2.05, 4.69) is 4.98 Å². The molecule has 72 valence electrons. The van der Waals surface area contributed by atoms with Crippen LogP contribution < -0.4 is 0 Å². The van der Waals surface area contributed by atoms with E-state index in [9.17, 15) is 4.79 Å². The van der Waals surface area contributed by atoms with E-state index in [0.717, 1.165) is 5.69 Å². The summed E-state index contributed by atoms with van der Waals surface area (Å²) in [6.07, 6.45) is 1.67. The molecule has 0 saturated carbocycles. The summed E-state index contributed by atoms with van der Waals surface area (Å²) in [4.78, 5) is 14.6. The molecule has 0 amide bonds. The van der Waals surface area contributed by atoms with Gasteiger partial charge in [0.1, 0.15) is 0 Å². The van der Waals surface area contributed by atoms with E-state index in [1.165, 1.54) is 0 Å². The van der Waals surface area contributed by atoms with Crippen LogP contribution in [0.1, 0.15) is 31.2 Å². The van der Waals surface area contributed by atoms with E-state index in [1.807, 2.05) is 25.5 Å². The lowest BCUT2D eigenvalue weighted by atomic mass is 10.1. The van der Waals surface area contributed by atoms with Crippen molar-refractivity contribution in [3.8, 4) is 0 Å². The average Bonchev–Trinajstić information content (AvgIpc) is 2.30. The summed E-state index contributed by atoms with van der Waals surface area (Å²) in [5, 5.41) is 8.63. The Labute approximate surface area is 77.2 Å². The lowest BCUT2D eigenvalue weighted by Gasteiger charge is -2.07. The normalized spacial score (nSPS) is 10.8. The van der Waals surface area contributed by atoms with Gasteiger partial charge in [0.25, 0.3) is 0 Å². The third-order valence-corrected chi connectivity index (χ3v) is 1.93. The minimum Gasteiger partial charge on any atom is -0.481 e. The minimum atomic E-state index is -0.833. The van der Waals surface area contributed by atoms with Gasteiger partial charge in [-0.2, -0.15) is 0 Å². The first-order chi connectivity index (χ1) is 6.02. The zero-order valence-electron chi connectivity index (χ0n) is 8.11. The Morgan fingerprint density at radius 1 is 1.69 bits per heavy atom. The smallest absolute Gasteiger partial charge is 0.309 e. The topological polar surface area (TPSA) is 55.1 Å². The molecule has 1 aromatic heterocycles. The number of hydrogen-bond acceptors (Lipinski definition) is 2. The Morgan fingerprint density at radius 2 is 2.31 bits per heavy atom. The van der Waals surface area contributed by atoms with Crippen LogP contribution in [0.2, 0.25) is 0 Å². The summed E-state index contributed by atoms with van der Waals surface area (Å²) in [7, 11) is 1.88. The van der Waals surface area contributed by atoms with Crippen molar-refractivity contribution in [2.75, 3.05) is 0 Å². The van der Waals surface area contributed by atoms with Crippen molar-refractivity contribution >= 4 is 5.97 Å². The first-order valence-electron chi connectivity index (χ1n) is 4.24. The first-order valence-corrected chi connectivity index (χ1v) is 4.24. The van der Waals surface area contributed by atoms with E-state index in [0.29, 0.717) is 11.6 Å².